The number of hydrogen-bond donors (Lipinski definition) is 0. The molecule has 0 aliphatic heterocycles. The van der Waals surface area contributed by atoms with Gasteiger partial charge in [-0.15, -0.1) is 0 Å². The first kappa shape index (κ1) is 10.0. The van der Waals surface area contributed by atoms with E-state index in [1.54, 1.807) is 5.57 Å². The average molecular weight is 190 g/mol. The maximum atomic E-state index is 2.45. The fourth-order valence-electron chi connectivity index (χ4n) is 2.98. The van der Waals surface area contributed by atoms with Crippen LogP contribution in [-0.4, -0.2) is 0 Å². The molecule has 0 N–H and O–H groups in total. The van der Waals surface area contributed by atoms with Crippen molar-refractivity contribution < 1.29 is 0 Å². The molecule has 78 valence electrons. The minimum atomic E-state index is 0.840. The molecule has 2 bridgehead atoms. The first-order valence-corrected chi connectivity index (χ1v) is 6.24. The van der Waals surface area contributed by atoms with Crippen LogP contribution in [0.5, 0.6) is 0 Å². The second-order valence-electron chi connectivity index (χ2n) is 4.78. The number of rotatable bonds is 4. The highest BCUT2D eigenvalue weighted by atomic mass is 14.4. The predicted octanol–water partition coefficient (Wildman–Crippen LogP) is 4.48. The van der Waals surface area contributed by atoms with E-state index < -0.39 is 0 Å². The molecule has 2 aliphatic carbocycles. The highest BCUT2D eigenvalue weighted by Crippen LogP contribution is 2.45. The third-order valence-electron chi connectivity index (χ3n) is 3.81. The van der Waals surface area contributed by atoms with E-state index in [-0.39, 0.29) is 0 Å². The van der Waals surface area contributed by atoms with Crippen molar-refractivity contribution in [3.63, 3.8) is 0 Å². The van der Waals surface area contributed by atoms with Gasteiger partial charge in [0.25, 0.3) is 0 Å². The van der Waals surface area contributed by atoms with Crippen LogP contribution in [0.15, 0.2) is 23.3 Å². The van der Waals surface area contributed by atoms with E-state index >= 15 is 0 Å². The van der Waals surface area contributed by atoms with Gasteiger partial charge in [0, 0.05) is 0 Å². The Balaban J connectivity index is 2.08. The molecule has 0 amide bonds. The van der Waals surface area contributed by atoms with Gasteiger partial charge in [0.2, 0.25) is 0 Å². The van der Waals surface area contributed by atoms with Crippen molar-refractivity contribution in [3.8, 4) is 0 Å². The van der Waals surface area contributed by atoms with Crippen LogP contribution in [0.1, 0.15) is 52.4 Å². The number of hydrogen-bond acceptors (Lipinski definition) is 0. The maximum Gasteiger partial charge on any atom is -0.00146 e. The fraction of sp³-hybridized carbons (Fsp3) is 0.714. The normalized spacial score (nSPS) is 32.7. The highest BCUT2D eigenvalue weighted by Gasteiger charge is 2.31. The molecule has 0 aromatic carbocycles. The van der Waals surface area contributed by atoms with Crippen LogP contribution in [0.3, 0.4) is 0 Å². The molecule has 0 nitrogen and oxygen atoms in total. The standard InChI is InChI=1S/C14H22/c1-3-5-6-12(4-2)14-10-11-7-8-13(14)9-11/h7-8,11,13H,3-6,9-10H2,1-2H3. The fourth-order valence-corrected chi connectivity index (χ4v) is 2.98. The lowest BCUT2D eigenvalue weighted by Crippen LogP contribution is -1.98. The summed E-state index contributed by atoms with van der Waals surface area (Å²) in [5, 5.41) is 0. The molecular formula is C14H22. The van der Waals surface area contributed by atoms with Gasteiger partial charge in [0.1, 0.15) is 0 Å². The maximum absolute atomic E-state index is 2.45. The van der Waals surface area contributed by atoms with E-state index in [0.717, 1.165) is 11.8 Å². The Labute approximate surface area is 88.1 Å². The number of allylic oxidation sites excluding steroid dienone is 4. The van der Waals surface area contributed by atoms with Crippen LogP contribution in [-0.2, 0) is 0 Å². The van der Waals surface area contributed by atoms with E-state index in [0.29, 0.717) is 0 Å². The van der Waals surface area contributed by atoms with Crippen LogP contribution in [0.4, 0.5) is 0 Å². The van der Waals surface area contributed by atoms with Crippen molar-refractivity contribution in [1.29, 1.82) is 0 Å². The lowest BCUT2D eigenvalue weighted by Gasteiger charge is -2.15. The van der Waals surface area contributed by atoms with Crippen LogP contribution >= 0.6 is 0 Å². The molecule has 0 saturated heterocycles. The van der Waals surface area contributed by atoms with Crippen molar-refractivity contribution in [2.24, 2.45) is 11.8 Å². The van der Waals surface area contributed by atoms with Gasteiger partial charge in [-0.1, -0.05) is 43.6 Å². The Kier molecular flexibility index (Phi) is 3.10. The SMILES string of the molecule is CCCCC(CC)=C1CC2C=CC1C2. The van der Waals surface area contributed by atoms with Crippen LogP contribution in [0.2, 0.25) is 0 Å². The summed E-state index contributed by atoms with van der Waals surface area (Å²) in [6.07, 6.45) is 13.0. The molecule has 2 unspecified atom stereocenters. The smallest absolute Gasteiger partial charge is 0.00146 e. The molecule has 2 atom stereocenters. The summed E-state index contributed by atoms with van der Waals surface area (Å²) in [5.41, 5.74) is 3.59. The molecule has 14 heavy (non-hydrogen) atoms. The summed E-state index contributed by atoms with van der Waals surface area (Å²) < 4.78 is 0. The van der Waals surface area contributed by atoms with Gasteiger partial charge < -0.3 is 0 Å². The van der Waals surface area contributed by atoms with Gasteiger partial charge >= 0.3 is 0 Å². The zero-order valence-electron chi connectivity index (χ0n) is 9.55. The van der Waals surface area contributed by atoms with Gasteiger partial charge in [-0.2, -0.15) is 0 Å². The van der Waals surface area contributed by atoms with E-state index in [4.69, 9.17) is 0 Å². The molecule has 1 saturated carbocycles. The number of fused-ring (bicyclic) bond motifs is 2. The van der Waals surface area contributed by atoms with Gasteiger partial charge in [-0.3, -0.25) is 0 Å². The topological polar surface area (TPSA) is 0 Å². The molecule has 0 heteroatoms. The molecule has 1 fully saturated rings. The third-order valence-corrected chi connectivity index (χ3v) is 3.81. The van der Waals surface area contributed by atoms with Crippen LogP contribution < -0.4 is 0 Å². The van der Waals surface area contributed by atoms with E-state index in [1.165, 1.54) is 38.5 Å². The zero-order chi connectivity index (χ0) is 9.97. The first-order valence-electron chi connectivity index (χ1n) is 6.24. The Hall–Kier alpha value is -0.520. The molecule has 0 aromatic rings. The summed E-state index contributed by atoms with van der Waals surface area (Å²) in [7, 11) is 0. The summed E-state index contributed by atoms with van der Waals surface area (Å²) in [6, 6.07) is 0. The minimum Gasteiger partial charge on any atom is -0.0845 e. The third kappa shape index (κ3) is 1.80. The molecule has 0 heterocycles. The summed E-state index contributed by atoms with van der Waals surface area (Å²) in [6.45, 7) is 4.62. The second kappa shape index (κ2) is 4.33. The van der Waals surface area contributed by atoms with Gasteiger partial charge in [-0.25, -0.2) is 0 Å². The average Bonchev–Trinajstić information content (AvgIpc) is 2.80. The minimum absolute atomic E-state index is 0.840. The van der Waals surface area contributed by atoms with Crippen molar-refractivity contribution in [2.45, 2.75) is 52.4 Å². The highest BCUT2D eigenvalue weighted by molar-refractivity contribution is 5.31. The zero-order valence-corrected chi connectivity index (χ0v) is 9.55. The monoisotopic (exact) mass is 190 g/mol. The van der Waals surface area contributed by atoms with Crippen molar-refractivity contribution >= 4 is 0 Å². The number of unbranched alkanes of at least 4 members (excludes halogenated alkanes) is 1. The lowest BCUT2D eigenvalue weighted by molar-refractivity contribution is 0.693. The van der Waals surface area contributed by atoms with E-state index in [9.17, 15) is 0 Å². The van der Waals surface area contributed by atoms with Crippen molar-refractivity contribution in [1.82, 2.24) is 0 Å². The van der Waals surface area contributed by atoms with E-state index in [1.807, 2.05) is 5.57 Å². The van der Waals surface area contributed by atoms with Crippen LogP contribution in [0.25, 0.3) is 0 Å². The molecule has 0 radical (unpaired) electrons. The van der Waals surface area contributed by atoms with Gasteiger partial charge in [0.05, 0.1) is 0 Å². The second-order valence-corrected chi connectivity index (χ2v) is 4.78. The van der Waals surface area contributed by atoms with Crippen LogP contribution in [0, 0.1) is 11.8 Å². The molecule has 2 aliphatic rings. The largest absolute Gasteiger partial charge is 0.0845 e. The van der Waals surface area contributed by atoms with Gasteiger partial charge in [0.15, 0.2) is 0 Å². The summed E-state index contributed by atoms with van der Waals surface area (Å²) in [5.74, 6) is 1.74. The Morgan fingerprint density at radius 3 is 2.71 bits per heavy atom. The molecule has 0 aromatic heterocycles. The first-order chi connectivity index (χ1) is 6.85. The molecular weight excluding hydrogens is 168 g/mol. The Morgan fingerprint density at radius 1 is 1.36 bits per heavy atom. The van der Waals surface area contributed by atoms with Crippen molar-refractivity contribution in [3.05, 3.63) is 23.3 Å². The predicted molar refractivity (Wildman–Crippen MR) is 62.2 cm³/mol. The summed E-state index contributed by atoms with van der Waals surface area (Å²) in [4.78, 5) is 0. The Morgan fingerprint density at radius 2 is 2.21 bits per heavy atom. The van der Waals surface area contributed by atoms with Gasteiger partial charge in [-0.05, 0) is 43.9 Å². The lowest BCUT2D eigenvalue weighted by atomic mass is 9.91. The quantitative estimate of drug-likeness (QED) is 0.573. The molecule has 2 rings (SSSR count). The Bertz CT molecular complexity index is 257. The van der Waals surface area contributed by atoms with E-state index in [2.05, 4.69) is 26.0 Å². The molecule has 0 spiro atoms. The summed E-state index contributed by atoms with van der Waals surface area (Å²) >= 11 is 0. The van der Waals surface area contributed by atoms with Crippen molar-refractivity contribution in [2.75, 3.05) is 0 Å².